The van der Waals surface area contributed by atoms with Gasteiger partial charge in [-0.05, 0) is 13.8 Å². The second-order valence-electron chi connectivity index (χ2n) is 2.93. The van der Waals surface area contributed by atoms with Gasteiger partial charge in [-0.1, -0.05) is 0 Å². The van der Waals surface area contributed by atoms with Crippen LogP contribution in [0, 0.1) is 0 Å². The molecule has 1 unspecified atom stereocenters. The number of primary amides is 1. The second kappa shape index (κ2) is 5.36. The molecule has 5 N–H and O–H groups in total. The molecule has 0 aromatic heterocycles. The molecule has 0 rings (SSSR count). The van der Waals surface area contributed by atoms with E-state index in [1.165, 1.54) is 0 Å². The summed E-state index contributed by atoms with van der Waals surface area (Å²) >= 11 is 0. The van der Waals surface area contributed by atoms with E-state index in [1.54, 1.807) is 13.8 Å². The van der Waals surface area contributed by atoms with E-state index in [2.05, 4.69) is 10.6 Å². The Labute approximate surface area is 76.5 Å². The van der Waals surface area contributed by atoms with E-state index in [9.17, 15) is 9.59 Å². The first-order valence-electron chi connectivity index (χ1n) is 3.95. The van der Waals surface area contributed by atoms with Gasteiger partial charge in [-0.25, -0.2) is 4.79 Å². The third-order valence-electron chi connectivity index (χ3n) is 1.20. The summed E-state index contributed by atoms with van der Waals surface area (Å²) in [6, 6.07) is -0.430. The quantitative estimate of drug-likeness (QED) is 0.434. The second-order valence-corrected chi connectivity index (χ2v) is 2.93. The van der Waals surface area contributed by atoms with Gasteiger partial charge in [0.2, 0.25) is 5.91 Å². The number of urea groups is 1. The van der Waals surface area contributed by atoms with Gasteiger partial charge < -0.3 is 21.5 Å². The van der Waals surface area contributed by atoms with Crippen LogP contribution in [0.15, 0.2) is 0 Å². The maximum atomic E-state index is 10.9. The highest BCUT2D eigenvalue weighted by Gasteiger charge is 2.11. The molecule has 0 spiro atoms. The van der Waals surface area contributed by atoms with E-state index >= 15 is 0 Å². The van der Waals surface area contributed by atoms with Crippen LogP contribution in [0.25, 0.3) is 0 Å². The number of hydrogen-bond donors (Lipinski definition) is 4. The number of carbonyl (C=O) groups is 2. The van der Waals surface area contributed by atoms with E-state index in [0.29, 0.717) is 0 Å². The molecule has 0 aliphatic heterocycles. The lowest BCUT2D eigenvalue weighted by atomic mass is 10.3. The lowest BCUT2D eigenvalue weighted by Crippen LogP contribution is -2.45. The van der Waals surface area contributed by atoms with Gasteiger partial charge in [0.15, 0.2) is 0 Å². The Morgan fingerprint density at radius 2 is 2.00 bits per heavy atom. The highest BCUT2D eigenvalue weighted by molar-refractivity contribution is 5.80. The largest absolute Gasteiger partial charge is 0.381 e. The van der Waals surface area contributed by atoms with Crippen LogP contribution < -0.4 is 16.4 Å². The first-order chi connectivity index (χ1) is 5.93. The highest BCUT2D eigenvalue weighted by Crippen LogP contribution is 1.79. The number of nitrogens with one attached hydrogen (secondary N) is 2. The maximum Gasteiger partial charge on any atom is 0.315 e. The average molecular weight is 189 g/mol. The zero-order valence-corrected chi connectivity index (χ0v) is 7.70. The molecule has 0 saturated carbocycles. The molecule has 6 nitrogen and oxygen atoms in total. The number of amides is 3. The van der Waals surface area contributed by atoms with Crippen LogP contribution in [0.4, 0.5) is 4.79 Å². The minimum atomic E-state index is -1.34. The molecule has 0 radical (unpaired) electrons. The molecular weight excluding hydrogens is 174 g/mol. The normalized spacial score (nSPS) is 12.3. The third-order valence-corrected chi connectivity index (χ3v) is 1.20. The number of aliphatic hydroxyl groups excluding tert-OH is 1. The molecular formula is C7H15N3O3. The summed E-state index contributed by atoms with van der Waals surface area (Å²) in [6.07, 6.45) is -1.34. The SMILES string of the molecule is CC(C)NC(=O)NCC(O)C(N)=O. The Morgan fingerprint density at radius 3 is 2.38 bits per heavy atom. The number of aliphatic hydroxyl groups is 1. The Hall–Kier alpha value is -1.30. The predicted octanol–water partition coefficient (Wildman–Crippen LogP) is -1.46. The minimum absolute atomic E-state index is 0.00530. The lowest BCUT2D eigenvalue weighted by Gasteiger charge is -2.11. The van der Waals surface area contributed by atoms with Crippen molar-refractivity contribution in [1.29, 1.82) is 0 Å². The lowest BCUT2D eigenvalue weighted by molar-refractivity contribution is -0.125. The summed E-state index contributed by atoms with van der Waals surface area (Å²) in [7, 11) is 0. The Balaban J connectivity index is 3.64. The number of rotatable bonds is 4. The van der Waals surface area contributed by atoms with Crippen molar-refractivity contribution in [3.05, 3.63) is 0 Å². The number of nitrogens with two attached hydrogens (primary N) is 1. The van der Waals surface area contributed by atoms with E-state index in [0.717, 1.165) is 0 Å². The van der Waals surface area contributed by atoms with Gasteiger partial charge in [0.25, 0.3) is 0 Å². The van der Waals surface area contributed by atoms with Gasteiger partial charge in [0.1, 0.15) is 6.10 Å². The Kier molecular flexibility index (Phi) is 4.83. The van der Waals surface area contributed by atoms with Crippen molar-refractivity contribution in [3.63, 3.8) is 0 Å². The first kappa shape index (κ1) is 11.7. The van der Waals surface area contributed by atoms with E-state index in [1.807, 2.05) is 0 Å². The molecule has 1 atom stereocenters. The van der Waals surface area contributed by atoms with E-state index < -0.39 is 18.0 Å². The van der Waals surface area contributed by atoms with Gasteiger partial charge >= 0.3 is 6.03 Å². The predicted molar refractivity (Wildman–Crippen MR) is 46.9 cm³/mol. The summed E-state index contributed by atoms with van der Waals surface area (Å²) in [6.45, 7) is 3.42. The van der Waals surface area contributed by atoms with E-state index in [4.69, 9.17) is 10.8 Å². The van der Waals surface area contributed by atoms with Gasteiger partial charge in [0.05, 0.1) is 6.54 Å². The van der Waals surface area contributed by atoms with Crippen molar-refractivity contribution >= 4 is 11.9 Å². The fraction of sp³-hybridized carbons (Fsp3) is 0.714. The van der Waals surface area contributed by atoms with Gasteiger partial charge in [-0.2, -0.15) is 0 Å². The van der Waals surface area contributed by atoms with Crippen LogP contribution in [-0.2, 0) is 4.79 Å². The summed E-state index contributed by atoms with van der Waals surface area (Å²) < 4.78 is 0. The standard InChI is InChI=1S/C7H15N3O3/c1-4(2)10-7(13)9-3-5(11)6(8)12/h4-5,11H,3H2,1-2H3,(H2,8,12)(H2,9,10,13). The summed E-state index contributed by atoms with van der Waals surface area (Å²) in [5.74, 6) is -0.857. The molecule has 0 heterocycles. The zero-order valence-electron chi connectivity index (χ0n) is 7.70. The van der Waals surface area contributed by atoms with Gasteiger partial charge in [-0.3, -0.25) is 4.79 Å². The molecule has 76 valence electrons. The number of carbonyl (C=O) groups excluding carboxylic acids is 2. The molecule has 6 heteroatoms. The zero-order chi connectivity index (χ0) is 10.4. The molecule has 0 aromatic rings. The van der Waals surface area contributed by atoms with Crippen molar-refractivity contribution in [3.8, 4) is 0 Å². The molecule has 0 fully saturated rings. The molecule has 0 aliphatic rings. The van der Waals surface area contributed by atoms with Crippen molar-refractivity contribution in [2.75, 3.05) is 6.54 Å². The monoisotopic (exact) mass is 189 g/mol. The molecule has 3 amide bonds. The fourth-order valence-electron chi connectivity index (χ4n) is 0.603. The van der Waals surface area contributed by atoms with Crippen LogP contribution in [-0.4, -0.2) is 35.7 Å². The fourth-order valence-corrected chi connectivity index (χ4v) is 0.603. The van der Waals surface area contributed by atoms with Crippen LogP contribution in [0.2, 0.25) is 0 Å². The molecule has 0 aromatic carbocycles. The Morgan fingerprint density at radius 1 is 1.46 bits per heavy atom. The van der Waals surface area contributed by atoms with Crippen molar-refractivity contribution in [1.82, 2.24) is 10.6 Å². The van der Waals surface area contributed by atoms with E-state index in [-0.39, 0.29) is 12.6 Å². The molecule has 0 bridgehead atoms. The van der Waals surface area contributed by atoms with Gasteiger partial charge in [-0.15, -0.1) is 0 Å². The Bertz CT molecular complexity index is 193. The van der Waals surface area contributed by atoms with Crippen LogP contribution in [0.5, 0.6) is 0 Å². The minimum Gasteiger partial charge on any atom is -0.381 e. The van der Waals surface area contributed by atoms with Crippen LogP contribution >= 0.6 is 0 Å². The third kappa shape index (κ3) is 5.92. The van der Waals surface area contributed by atoms with Crippen LogP contribution in [0.3, 0.4) is 0 Å². The van der Waals surface area contributed by atoms with Gasteiger partial charge in [0, 0.05) is 6.04 Å². The first-order valence-corrected chi connectivity index (χ1v) is 3.95. The highest BCUT2D eigenvalue weighted by atomic mass is 16.3. The smallest absolute Gasteiger partial charge is 0.315 e. The van der Waals surface area contributed by atoms with Crippen LogP contribution in [0.1, 0.15) is 13.8 Å². The molecule has 0 saturated heterocycles. The average Bonchev–Trinajstić information content (AvgIpc) is 1.98. The molecule has 0 aliphatic carbocycles. The summed E-state index contributed by atoms with van der Waals surface area (Å²) in [4.78, 5) is 21.2. The van der Waals surface area contributed by atoms with Crippen molar-refractivity contribution in [2.24, 2.45) is 5.73 Å². The molecule has 13 heavy (non-hydrogen) atoms. The summed E-state index contributed by atoms with van der Waals surface area (Å²) in [5, 5.41) is 13.7. The maximum absolute atomic E-state index is 10.9. The van der Waals surface area contributed by atoms with Crippen molar-refractivity contribution < 1.29 is 14.7 Å². The topological polar surface area (TPSA) is 104 Å². The van der Waals surface area contributed by atoms with Crippen molar-refractivity contribution in [2.45, 2.75) is 26.0 Å². The number of hydrogen-bond acceptors (Lipinski definition) is 3. The summed E-state index contributed by atoms with van der Waals surface area (Å²) in [5.41, 5.74) is 4.76.